The highest BCUT2D eigenvalue weighted by molar-refractivity contribution is 9.09. The first-order valence-electron chi connectivity index (χ1n) is 4.80. The second kappa shape index (κ2) is 3.96. The molecule has 74 valence electrons. The van der Waals surface area contributed by atoms with Gasteiger partial charge in [0.25, 0.3) is 0 Å². The van der Waals surface area contributed by atoms with Gasteiger partial charge in [-0.3, -0.25) is 4.79 Å². The molecule has 1 N–H and O–H groups in total. The zero-order valence-corrected chi connectivity index (χ0v) is 9.05. The summed E-state index contributed by atoms with van der Waals surface area (Å²) in [4.78, 5) is 11.3. The molecule has 0 saturated carbocycles. The van der Waals surface area contributed by atoms with Crippen LogP contribution in [0.1, 0.15) is 25.7 Å². The van der Waals surface area contributed by atoms with E-state index in [1.165, 1.54) is 6.42 Å². The Kier molecular flexibility index (Phi) is 2.89. The molecular formula is C9H14BrNO2. The Hall–Kier alpha value is -0.0900. The standard InChI is InChI=1S/C9H14BrNO2/c10-4-3-9(12)11-7-5-6-1-2-8(7)13-6/h6-8H,1-5H2,(H,11,12). The summed E-state index contributed by atoms with van der Waals surface area (Å²) in [5.74, 6) is 0.137. The molecule has 3 atom stereocenters. The first-order valence-corrected chi connectivity index (χ1v) is 5.92. The minimum Gasteiger partial charge on any atom is -0.373 e. The minimum absolute atomic E-state index is 0.137. The molecule has 0 aliphatic carbocycles. The van der Waals surface area contributed by atoms with E-state index in [4.69, 9.17) is 4.74 Å². The van der Waals surface area contributed by atoms with E-state index in [9.17, 15) is 4.79 Å². The molecule has 0 aromatic carbocycles. The van der Waals surface area contributed by atoms with Crippen molar-refractivity contribution < 1.29 is 9.53 Å². The van der Waals surface area contributed by atoms with Crippen LogP contribution in [0.3, 0.4) is 0 Å². The lowest BCUT2D eigenvalue weighted by molar-refractivity contribution is -0.121. The number of ether oxygens (including phenoxy) is 1. The number of hydrogen-bond acceptors (Lipinski definition) is 2. The molecule has 0 spiro atoms. The summed E-state index contributed by atoms with van der Waals surface area (Å²) < 4.78 is 5.64. The average molecular weight is 248 g/mol. The summed E-state index contributed by atoms with van der Waals surface area (Å²) >= 11 is 3.25. The van der Waals surface area contributed by atoms with Crippen LogP contribution in [-0.2, 0) is 9.53 Å². The molecule has 2 aliphatic rings. The maximum atomic E-state index is 11.3. The molecular weight excluding hydrogens is 234 g/mol. The fourth-order valence-electron chi connectivity index (χ4n) is 2.15. The van der Waals surface area contributed by atoms with Gasteiger partial charge < -0.3 is 10.1 Å². The number of amides is 1. The van der Waals surface area contributed by atoms with Gasteiger partial charge in [0.1, 0.15) is 0 Å². The van der Waals surface area contributed by atoms with Gasteiger partial charge in [0.2, 0.25) is 5.91 Å². The van der Waals surface area contributed by atoms with Crippen LogP contribution in [0, 0.1) is 0 Å². The Morgan fingerprint density at radius 2 is 2.38 bits per heavy atom. The van der Waals surface area contributed by atoms with Crippen molar-refractivity contribution >= 4 is 21.8 Å². The topological polar surface area (TPSA) is 38.3 Å². The number of rotatable bonds is 3. The lowest BCUT2D eigenvalue weighted by Gasteiger charge is -2.19. The normalized spacial score (nSPS) is 36.5. The van der Waals surface area contributed by atoms with Crippen LogP contribution in [0.4, 0.5) is 0 Å². The van der Waals surface area contributed by atoms with Crippen LogP contribution in [0.15, 0.2) is 0 Å². The first-order chi connectivity index (χ1) is 6.29. The highest BCUT2D eigenvalue weighted by Gasteiger charge is 2.41. The molecule has 13 heavy (non-hydrogen) atoms. The highest BCUT2D eigenvalue weighted by Crippen LogP contribution is 2.34. The molecule has 2 rings (SSSR count). The van der Waals surface area contributed by atoms with Crippen molar-refractivity contribution in [1.29, 1.82) is 0 Å². The molecule has 3 nitrogen and oxygen atoms in total. The van der Waals surface area contributed by atoms with Gasteiger partial charge in [0, 0.05) is 11.8 Å². The third kappa shape index (κ3) is 2.05. The van der Waals surface area contributed by atoms with Crippen molar-refractivity contribution in [2.24, 2.45) is 0 Å². The molecule has 2 saturated heterocycles. The molecule has 3 unspecified atom stereocenters. The van der Waals surface area contributed by atoms with Crippen LogP contribution in [0.25, 0.3) is 0 Å². The molecule has 2 fully saturated rings. The molecule has 0 aromatic rings. The van der Waals surface area contributed by atoms with Gasteiger partial charge in [0.05, 0.1) is 18.2 Å². The van der Waals surface area contributed by atoms with E-state index >= 15 is 0 Å². The van der Waals surface area contributed by atoms with Crippen molar-refractivity contribution in [3.05, 3.63) is 0 Å². The van der Waals surface area contributed by atoms with Crippen LogP contribution in [0.2, 0.25) is 0 Å². The van der Waals surface area contributed by atoms with Gasteiger partial charge in [0.15, 0.2) is 0 Å². The Labute approximate surface area is 86.3 Å². The third-order valence-corrected chi connectivity index (χ3v) is 3.17. The highest BCUT2D eigenvalue weighted by atomic mass is 79.9. The second-order valence-electron chi connectivity index (χ2n) is 3.72. The maximum absolute atomic E-state index is 11.3. The third-order valence-electron chi connectivity index (χ3n) is 2.77. The van der Waals surface area contributed by atoms with Gasteiger partial charge in [-0.2, -0.15) is 0 Å². The molecule has 1 amide bonds. The van der Waals surface area contributed by atoms with Crippen LogP contribution in [0.5, 0.6) is 0 Å². The Morgan fingerprint density at radius 3 is 2.92 bits per heavy atom. The maximum Gasteiger partial charge on any atom is 0.221 e. The van der Waals surface area contributed by atoms with Crippen molar-refractivity contribution in [2.75, 3.05) is 5.33 Å². The zero-order chi connectivity index (χ0) is 9.26. The van der Waals surface area contributed by atoms with E-state index in [1.54, 1.807) is 0 Å². The van der Waals surface area contributed by atoms with E-state index in [1.807, 2.05) is 0 Å². The number of alkyl halides is 1. The van der Waals surface area contributed by atoms with E-state index in [2.05, 4.69) is 21.2 Å². The summed E-state index contributed by atoms with van der Waals surface area (Å²) in [5.41, 5.74) is 0. The number of carbonyl (C=O) groups is 1. The molecule has 0 radical (unpaired) electrons. The molecule has 4 heteroatoms. The van der Waals surface area contributed by atoms with Gasteiger partial charge in [-0.05, 0) is 19.3 Å². The van der Waals surface area contributed by atoms with Crippen molar-refractivity contribution in [2.45, 2.75) is 43.9 Å². The van der Waals surface area contributed by atoms with E-state index in [0.29, 0.717) is 18.6 Å². The van der Waals surface area contributed by atoms with Crippen LogP contribution < -0.4 is 5.32 Å². The summed E-state index contributed by atoms with van der Waals surface area (Å²) in [6.45, 7) is 0. The lowest BCUT2D eigenvalue weighted by atomic mass is 9.95. The smallest absolute Gasteiger partial charge is 0.221 e. The Morgan fingerprint density at radius 1 is 1.54 bits per heavy atom. The largest absolute Gasteiger partial charge is 0.373 e. The summed E-state index contributed by atoms with van der Waals surface area (Å²) in [6.07, 6.45) is 4.58. The summed E-state index contributed by atoms with van der Waals surface area (Å²) in [5, 5.41) is 3.75. The van der Waals surface area contributed by atoms with Crippen LogP contribution in [-0.4, -0.2) is 29.5 Å². The van der Waals surface area contributed by atoms with Gasteiger partial charge >= 0.3 is 0 Å². The van der Waals surface area contributed by atoms with Crippen molar-refractivity contribution in [3.63, 3.8) is 0 Å². The zero-order valence-electron chi connectivity index (χ0n) is 7.46. The average Bonchev–Trinajstić information content (AvgIpc) is 2.65. The number of halogens is 1. The quantitative estimate of drug-likeness (QED) is 0.762. The molecule has 2 bridgehead atoms. The lowest BCUT2D eigenvalue weighted by Crippen LogP contribution is -2.41. The fourth-order valence-corrected chi connectivity index (χ4v) is 2.51. The number of hydrogen-bond donors (Lipinski definition) is 1. The number of nitrogens with one attached hydrogen (secondary N) is 1. The Bertz CT molecular complexity index is 210. The van der Waals surface area contributed by atoms with Crippen LogP contribution >= 0.6 is 15.9 Å². The molecule has 2 heterocycles. The fraction of sp³-hybridized carbons (Fsp3) is 0.889. The summed E-state index contributed by atoms with van der Waals surface area (Å²) in [6, 6.07) is 0.283. The molecule has 0 aromatic heterocycles. The number of fused-ring (bicyclic) bond motifs is 2. The van der Waals surface area contributed by atoms with E-state index in [-0.39, 0.29) is 11.9 Å². The van der Waals surface area contributed by atoms with Crippen molar-refractivity contribution in [1.82, 2.24) is 5.32 Å². The Balaban J connectivity index is 1.79. The van der Waals surface area contributed by atoms with Gasteiger partial charge in [-0.1, -0.05) is 15.9 Å². The predicted octanol–water partition coefficient (Wildman–Crippen LogP) is 1.21. The first kappa shape index (κ1) is 9.46. The van der Waals surface area contributed by atoms with E-state index < -0.39 is 0 Å². The SMILES string of the molecule is O=C(CCBr)NC1CC2CCC1O2. The van der Waals surface area contributed by atoms with Gasteiger partial charge in [-0.15, -0.1) is 0 Å². The monoisotopic (exact) mass is 247 g/mol. The second-order valence-corrected chi connectivity index (χ2v) is 4.52. The summed E-state index contributed by atoms with van der Waals surface area (Å²) in [7, 11) is 0. The van der Waals surface area contributed by atoms with Gasteiger partial charge in [-0.25, -0.2) is 0 Å². The minimum atomic E-state index is 0.137. The number of carbonyl (C=O) groups excluding carboxylic acids is 1. The van der Waals surface area contributed by atoms with E-state index in [0.717, 1.165) is 18.2 Å². The predicted molar refractivity (Wildman–Crippen MR) is 52.9 cm³/mol. The van der Waals surface area contributed by atoms with Crippen molar-refractivity contribution in [3.8, 4) is 0 Å². The molecule has 2 aliphatic heterocycles.